The topological polar surface area (TPSA) is 32.7 Å². The molecule has 0 aliphatic carbocycles. The highest BCUT2D eigenvalue weighted by atomic mass is 35.5. The molecule has 4 heteroatoms. The molecule has 0 saturated carbocycles. The lowest BCUT2D eigenvalue weighted by molar-refractivity contribution is 0.0144. The van der Waals surface area contributed by atoms with Crippen LogP contribution in [0, 0.1) is 0 Å². The summed E-state index contributed by atoms with van der Waals surface area (Å²) < 4.78 is 5.44. The van der Waals surface area contributed by atoms with E-state index in [4.69, 9.17) is 16.3 Å². The minimum absolute atomic E-state index is 0.161. The molecule has 1 N–H and O–H groups in total. The molecule has 1 aromatic carbocycles. The average molecular weight is 300 g/mol. The number of rotatable bonds is 9. The number of nitrogens with zero attached hydrogens (tertiary/aromatic N) is 1. The smallest absolute Gasteiger partial charge is 0.0900 e. The van der Waals surface area contributed by atoms with Crippen molar-refractivity contribution < 1.29 is 9.84 Å². The zero-order valence-corrected chi connectivity index (χ0v) is 13.4. The molecule has 1 rings (SSSR count). The van der Waals surface area contributed by atoms with Gasteiger partial charge in [0.05, 0.1) is 12.7 Å². The summed E-state index contributed by atoms with van der Waals surface area (Å²) in [5.74, 6) is 0. The molecule has 2 unspecified atom stereocenters. The van der Waals surface area contributed by atoms with E-state index in [1.165, 1.54) is 0 Å². The maximum absolute atomic E-state index is 9.98. The van der Waals surface area contributed by atoms with Crippen LogP contribution in [0.15, 0.2) is 24.3 Å². The molecule has 0 fully saturated rings. The number of unbranched alkanes of at least 4 members (excludes halogenated alkanes) is 1. The number of hydrogen-bond donors (Lipinski definition) is 1. The molecule has 0 amide bonds. The number of hydrogen-bond acceptors (Lipinski definition) is 3. The molecule has 0 aromatic heterocycles. The van der Waals surface area contributed by atoms with Gasteiger partial charge in [0.1, 0.15) is 0 Å². The minimum atomic E-state index is -0.471. The van der Waals surface area contributed by atoms with Crippen molar-refractivity contribution in [3.8, 4) is 0 Å². The first kappa shape index (κ1) is 17.4. The maximum Gasteiger partial charge on any atom is 0.0900 e. The Labute approximate surface area is 127 Å². The second kappa shape index (κ2) is 9.35. The molecular formula is C16H26ClNO2. The first-order chi connectivity index (χ1) is 9.56. The quantitative estimate of drug-likeness (QED) is 0.708. The second-order valence-corrected chi connectivity index (χ2v) is 5.63. The van der Waals surface area contributed by atoms with Gasteiger partial charge in [-0.3, -0.25) is 4.90 Å². The third-order valence-corrected chi connectivity index (χ3v) is 3.81. The van der Waals surface area contributed by atoms with Crippen LogP contribution in [0.3, 0.4) is 0 Å². The van der Waals surface area contributed by atoms with Gasteiger partial charge in [0.15, 0.2) is 0 Å². The third kappa shape index (κ3) is 5.80. The fourth-order valence-corrected chi connectivity index (χ4v) is 2.35. The van der Waals surface area contributed by atoms with Crippen LogP contribution in [-0.4, -0.2) is 42.9 Å². The van der Waals surface area contributed by atoms with Crippen molar-refractivity contribution in [1.29, 1.82) is 0 Å². The molecule has 0 heterocycles. The number of aliphatic hydroxyl groups is 1. The lowest BCUT2D eigenvalue weighted by Gasteiger charge is -2.27. The van der Waals surface area contributed by atoms with E-state index in [2.05, 4.69) is 18.7 Å². The van der Waals surface area contributed by atoms with Gasteiger partial charge in [-0.15, -0.1) is 0 Å². The fraction of sp³-hybridized carbons (Fsp3) is 0.625. The number of ether oxygens (including phenoxy) is 1. The summed E-state index contributed by atoms with van der Waals surface area (Å²) in [6.45, 7) is 5.89. The lowest BCUT2D eigenvalue weighted by atomic mass is 10.1. The molecular weight excluding hydrogens is 274 g/mol. The van der Waals surface area contributed by atoms with Crippen LogP contribution in [0.2, 0.25) is 5.02 Å². The Bertz CT molecular complexity index is 386. The number of halogens is 1. The molecule has 0 saturated heterocycles. The number of likely N-dealkylation sites (N-methyl/N-ethyl adjacent to an activating group) is 1. The van der Waals surface area contributed by atoms with Crippen LogP contribution in [0.1, 0.15) is 38.3 Å². The highest BCUT2D eigenvalue weighted by molar-refractivity contribution is 6.31. The summed E-state index contributed by atoms with van der Waals surface area (Å²) in [6.07, 6.45) is 1.68. The van der Waals surface area contributed by atoms with Crippen molar-refractivity contribution in [3.63, 3.8) is 0 Å². The molecule has 0 radical (unpaired) electrons. The molecule has 0 bridgehead atoms. The predicted octanol–water partition coefficient (Wildman–Crippen LogP) is 3.51. The summed E-state index contributed by atoms with van der Waals surface area (Å²) in [4.78, 5) is 2.09. The SMILES string of the molecule is CCCCOCC(O)CN(C)C(C)c1ccccc1Cl. The van der Waals surface area contributed by atoms with E-state index in [1.54, 1.807) is 0 Å². The van der Waals surface area contributed by atoms with E-state index in [-0.39, 0.29) is 6.04 Å². The van der Waals surface area contributed by atoms with E-state index >= 15 is 0 Å². The Hall–Kier alpha value is -0.610. The molecule has 1 aromatic rings. The molecule has 114 valence electrons. The van der Waals surface area contributed by atoms with E-state index in [9.17, 15) is 5.11 Å². The average Bonchev–Trinajstić information content (AvgIpc) is 2.43. The van der Waals surface area contributed by atoms with Gasteiger partial charge < -0.3 is 9.84 Å². The van der Waals surface area contributed by atoms with Crippen LogP contribution >= 0.6 is 11.6 Å². The first-order valence-corrected chi connectivity index (χ1v) is 7.64. The van der Waals surface area contributed by atoms with Gasteiger partial charge in [0, 0.05) is 24.2 Å². The van der Waals surface area contributed by atoms with Gasteiger partial charge in [0.25, 0.3) is 0 Å². The van der Waals surface area contributed by atoms with E-state index in [0.29, 0.717) is 13.2 Å². The van der Waals surface area contributed by atoms with Gasteiger partial charge in [-0.1, -0.05) is 43.1 Å². The van der Waals surface area contributed by atoms with E-state index in [1.807, 2.05) is 31.3 Å². The monoisotopic (exact) mass is 299 g/mol. The van der Waals surface area contributed by atoms with Crippen LogP contribution in [0.5, 0.6) is 0 Å². The molecule has 0 aliphatic heterocycles. The van der Waals surface area contributed by atoms with Crippen molar-refractivity contribution in [2.75, 3.05) is 26.8 Å². The van der Waals surface area contributed by atoms with Crippen molar-refractivity contribution >= 4 is 11.6 Å². The molecule has 3 nitrogen and oxygen atoms in total. The van der Waals surface area contributed by atoms with E-state index in [0.717, 1.165) is 30.0 Å². The summed E-state index contributed by atoms with van der Waals surface area (Å²) in [6, 6.07) is 7.98. The first-order valence-electron chi connectivity index (χ1n) is 7.26. The van der Waals surface area contributed by atoms with Crippen molar-refractivity contribution in [3.05, 3.63) is 34.9 Å². The van der Waals surface area contributed by atoms with Crippen molar-refractivity contribution in [1.82, 2.24) is 4.90 Å². The normalized spacial score (nSPS) is 14.5. The Morgan fingerprint density at radius 1 is 1.35 bits per heavy atom. The second-order valence-electron chi connectivity index (χ2n) is 5.22. The van der Waals surface area contributed by atoms with Crippen molar-refractivity contribution in [2.24, 2.45) is 0 Å². The Morgan fingerprint density at radius 3 is 2.70 bits per heavy atom. The molecule has 20 heavy (non-hydrogen) atoms. The van der Waals surface area contributed by atoms with Gasteiger partial charge in [-0.05, 0) is 32.0 Å². The standard InChI is InChI=1S/C16H26ClNO2/c1-4-5-10-20-12-14(19)11-18(3)13(2)15-8-6-7-9-16(15)17/h6-9,13-14,19H,4-5,10-12H2,1-3H3. The molecule has 2 atom stereocenters. The zero-order valence-electron chi connectivity index (χ0n) is 12.7. The van der Waals surface area contributed by atoms with Gasteiger partial charge >= 0.3 is 0 Å². The zero-order chi connectivity index (χ0) is 15.0. The van der Waals surface area contributed by atoms with E-state index < -0.39 is 6.10 Å². The Morgan fingerprint density at radius 2 is 2.05 bits per heavy atom. The summed E-state index contributed by atoms with van der Waals surface area (Å²) in [7, 11) is 1.99. The van der Waals surface area contributed by atoms with Crippen LogP contribution in [0.4, 0.5) is 0 Å². The predicted molar refractivity (Wildman–Crippen MR) is 84.2 cm³/mol. The van der Waals surface area contributed by atoms with Crippen LogP contribution in [0.25, 0.3) is 0 Å². The fourth-order valence-electron chi connectivity index (χ4n) is 2.06. The molecule has 0 spiro atoms. The van der Waals surface area contributed by atoms with Crippen LogP contribution in [-0.2, 0) is 4.74 Å². The lowest BCUT2D eigenvalue weighted by Crippen LogP contribution is -2.34. The van der Waals surface area contributed by atoms with Gasteiger partial charge in [-0.25, -0.2) is 0 Å². The largest absolute Gasteiger partial charge is 0.389 e. The highest BCUT2D eigenvalue weighted by Crippen LogP contribution is 2.26. The number of aliphatic hydroxyl groups excluding tert-OH is 1. The summed E-state index contributed by atoms with van der Waals surface area (Å²) in [5.41, 5.74) is 1.08. The van der Waals surface area contributed by atoms with Crippen molar-refractivity contribution in [2.45, 2.75) is 38.8 Å². The summed E-state index contributed by atoms with van der Waals surface area (Å²) >= 11 is 6.20. The van der Waals surface area contributed by atoms with Gasteiger partial charge in [0.2, 0.25) is 0 Å². The third-order valence-electron chi connectivity index (χ3n) is 3.47. The Balaban J connectivity index is 2.41. The Kier molecular flexibility index (Phi) is 8.15. The van der Waals surface area contributed by atoms with Crippen LogP contribution < -0.4 is 0 Å². The highest BCUT2D eigenvalue weighted by Gasteiger charge is 2.17. The minimum Gasteiger partial charge on any atom is -0.389 e. The van der Waals surface area contributed by atoms with Gasteiger partial charge in [-0.2, -0.15) is 0 Å². The number of benzene rings is 1. The summed E-state index contributed by atoms with van der Waals surface area (Å²) in [5, 5.41) is 10.7. The molecule has 0 aliphatic rings. The maximum atomic E-state index is 9.98.